The van der Waals surface area contributed by atoms with Gasteiger partial charge in [0.1, 0.15) is 0 Å². The van der Waals surface area contributed by atoms with Crippen molar-refractivity contribution in [2.24, 2.45) is 5.92 Å². The number of hydrogen-bond acceptors (Lipinski definition) is 3. The average Bonchev–Trinajstić information content (AvgIpc) is 3.35. The minimum absolute atomic E-state index is 0.190. The van der Waals surface area contributed by atoms with E-state index in [0.29, 0.717) is 37.5 Å². The highest BCUT2D eigenvalue weighted by Crippen LogP contribution is 2.31. The lowest BCUT2D eigenvalue weighted by atomic mass is 10.1. The molecular formula is C18H26N2O3S. The highest BCUT2D eigenvalue weighted by Gasteiger charge is 2.35. The lowest BCUT2D eigenvalue weighted by molar-refractivity contribution is -0.132. The molecule has 132 valence electrons. The van der Waals surface area contributed by atoms with Gasteiger partial charge < -0.3 is 4.90 Å². The molecule has 6 heteroatoms. The summed E-state index contributed by atoms with van der Waals surface area (Å²) in [6.45, 7) is 7.79. The highest BCUT2D eigenvalue weighted by molar-refractivity contribution is 7.89. The first-order valence-corrected chi connectivity index (χ1v) is 10.1. The summed E-state index contributed by atoms with van der Waals surface area (Å²) in [5.41, 5.74) is 2.87. The predicted molar refractivity (Wildman–Crippen MR) is 93.3 cm³/mol. The summed E-state index contributed by atoms with van der Waals surface area (Å²) in [4.78, 5) is 14.5. The van der Waals surface area contributed by atoms with Gasteiger partial charge in [0.05, 0.1) is 4.90 Å². The van der Waals surface area contributed by atoms with Crippen LogP contribution in [0.4, 0.5) is 0 Å². The quantitative estimate of drug-likeness (QED) is 0.840. The number of carbonyl (C=O) groups is 1. The fourth-order valence-corrected chi connectivity index (χ4v) is 5.06. The molecule has 2 aliphatic rings. The van der Waals surface area contributed by atoms with E-state index in [0.717, 1.165) is 29.5 Å². The maximum Gasteiger partial charge on any atom is 0.243 e. The Hall–Kier alpha value is -1.40. The molecule has 0 unspecified atom stereocenters. The Morgan fingerprint density at radius 2 is 1.62 bits per heavy atom. The Bertz CT molecular complexity index is 754. The summed E-state index contributed by atoms with van der Waals surface area (Å²) in [7, 11) is -3.51. The van der Waals surface area contributed by atoms with Crippen molar-refractivity contribution >= 4 is 15.9 Å². The van der Waals surface area contributed by atoms with Crippen LogP contribution in [0.1, 0.15) is 36.0 Å². The monoisotopic (exact) mass is 350 g/mol. The molecule has 5 nitrogen and oxygen atoms in total. The van der Waals surface area contributed by atoms with Gasteiger partial charge in [-0.2, -0.15) is 4.31 Å². The van der Waals surface area contributed by atoms with Crippen LogP contribution in [0.15, 0.2) is 17.0 Å². The molecule has 0 aromatic heterocycles. The van der Waals surface area contributed by atoms with Gasteiger partial charge in [0.2, 0.25) is 15.9 Å². The van der Waals surface area contributed by atoms with E-state index in [9.17, 15) is 13.2 Å². The maximum atomic E-state index is 13.1. The van der Waals surface area contributed by atoms with E-state index in [1.54, 1.807) is 10.4 Å². The number of amides is 1. The van der Waals surface area contributed by atoms with Crippen molar-refractivity contribution in [3.05, 3.63) is 28.8 Å². The van der Waals surface area contributed by atoms with E-state index < -0.39 is 10.0 Å². The van der Waals surface area contributed by atoms with Crippen molar-refractivity contribution in [2.75, 3.05) is 26.2 Å². The maximum absolute atomic E-state index is 13.1. The lowest BCUT2D eigenvalue weighted by Crippen LogP contribution is -2.38. The molecule has 0 atom stereocenters. The molecule has 1 aromatic carbocycles. The molecule has 2 fully saturated rings. The van der Waals surface area contributed by atoms with E-state index in [-0.39, 0.29) is 11.8 Å². The van der Waals surface area contributed by atoms with Gasteiger partial charge in [-0.15, -0.1) is 0 Å². The van der Waals surface area contributed by atoms with E-state index in [2.05, 4.69) is 0 Å². The lowest BCUT2D eigenvalue weighted by Gasteiger charge is -2.23. The molecule has 1 saturated carbocycles. The van der Waals surface area contributed by atoms with E-state index in [1.165, 1.54) is 0 Å². The minimum Gasteiger partial charge on any atom is -0.341 e. The van der Waals surface area contributed by atoms with Gasteiger partial charge in [-0.1, -0.05) is 6.07 Å². The van der Waals surface area contributed by atoms with Crippen LogP contribution in [0, 0.1) is 26.7 Å². The van der Waals surface area contributed by atoms with Crippen LogP contribution in [0.2, 0.25) is 0 Å². The summed E-state index contributed by atoms with van der Waals surface area (Å²) in [6, 6.07) is 3.71. The first kappa shape index (κ1) is 17.4. The predicted octanol–water partition coefficient (Wildman–Crippen LogP) is 2.24. The van der Waals surface area contributed by atoms with Crippen molar-refractivity contribution in [2.45, 2.75) is 44.9 Å². The Morgan fingerprint density at radius 3 is 2.29 bits per heavy atom. The number of benzene rings is 1. The first-order chi connectivity index (χ1) is 11.3. The van der Waals surface area contributed by atoms with Gasteiger partial charge in [0, 0.05) is 32.1 Å². The highest BCUT2D eigenvalue weighted by atomic mass is 32.2. The summed E-state index contributed by atoms with van der Waals surface area (Å²) in [5, 5.41) is 0. The fourth-order valence-electron chi connectivity index (χ4n) is 3.29. The molecule has 1 heterocycles. The van der Waals surface area contributed by atoms with Gasteiger partial charge >= 0.3 is 0 Å². The van der Waals surface area contributed by atoms with Gasteiger partial charge in [-0.05, 0) is 62.8 Å². The molecule has 0 spiro atoms. The molecule has 1 aliphatic carbocycles. The topological polar surface area (TPSA) is 57.7 Å². The molecule has 1 amide bonds. The molecule has 1 saturated heterocycles. The van der Waals surface area contributed by atoms with Crippen LogP contribution in [0.25, 0.3) is 0 Å². The zero-order valence-corrected chi connectivity index (χ0v) is 15.5. The Kier molecular flexibility index (Phi) is 4.71. The molecule has 0 N–H and O–H groups in total. The second kappa shape index (κ2) is 6.48. The third kappa shape index (κ3) is 3.35. The van der Waals surface area contributed by atoms with Gasteiger partial charge in [-0.3, -0.25) is 4.79 Å². The second-order valence-electron chi connectivity index (χ2n) is 7.06. The normalized spacial score (nSPS) is 20.0. The third-order valence-corrected chi connectivity index (χ3v) is 7.14. The Labute approximate surface area is 144 Å². The zero-order chi connectivity index (χ0) is 17.5. The minimum atomic E-state index is -3.51. The number of hydrogen-bond donors (Lipinski definition) is 0. The van der Waals surface area contributed by atoms with Crippen LogP contribution in [-0.4, -0.2) is 49.7 Å². The molecule has 0 bridgehead atoms. The molecule has 1 aliphatic heterocycles. The van der Waals surface area contributed by atoms with Crippen LogP contribution in [0.5, 0.6) is 0 Å². The van der Waals surface area contributed by atoms with E-state index in [4.69, 9.17) is 0 Å². The van der Waals surface area contributed by atoms with Crippen molar-refractivity contribution < 1.29 is 13.2 Å². The Morgan fingerprint density at radius 1 is 0.958 bits per heavy atom. The van der Waals surface area contributed by atoms with Crippen LogP contribution >= 0.6 is 0 Å². The SMILES string of the molecule is Cc1cc(C)c(S(=O)(=O)N2CCCN(C(=O)C3CC3)CC2)cc1C. The second-order valence-corrected chi connectivity index (χ2v) is 8.97. The summed E-state index contributed by atoms with van der Waals surface area (Å²) < 4.78 is 27.7. The summed E-state index contributed by atoms with van der Waals surface area (Å²) in [5.74, 6) is 0.395. The Balaban J connectivity index is 1.80. The molecule has 3 rings (SSSR count). The zero-order valence-electron chi connectivity index (χ0n) is 14.7. The molecular weight excluding hydrogens is 324 g/mol. The molecule has 1 aromatic rings. The number of nitrogens with zero attached hydrogens (tertiary/aromatic N) is 2. The summed E-state index contributed by atoms with van der Waals surface area (Å²) >= 11 is 0. The molecule has 0 radical (unpaired) electrons. The van der Waals surface area contributed by atoms with Gasteiger partial charge in [0.25, 0.3) is 0 Å². The van der Waals surface area contributed by atoms with Crippen LogP contribution < -0.4 is 0 Å². The molecule has 24 heavy (non-hydrogen) atoms. The fraction of sp³-hybridized carbons (Fsp3) is 0.611. The number of carbonyl (C=O) groups excluding carboxylic acids is 1. The van der Waals surface area contributed by atoms with E-state index >= 15 is 0 Å². The number of sulfonamides is 1. The average molecular weight is 350 g/mol. The van der Waals surface area contributed by atoms with Crippen molar-refractivity contribution in [3.63, 3.8) is 0 Å². The van der Waals surface area contributed by atoms with Crippen LogP contribution in [-0.2, 0) is 14.8 Å². The van der Waals surface area contributed by atoms with Crippen molar-refractivity contribution in [1.29, 1.82) is 0 Å². The van der Waals surface area contributed by atoms with Crippen molar-refractivity contribution in [3.8, 4) is 0 Å². The number of rotatable bonds is 3. The van der Waals surface area contributed by atoms with Gasteiger partial charge in [-0.25, -0.2) is 8.42 Å². The largest absolute Gasteiger partial charge is 0.341 e. The third-order valence-electron chi connectivity index (χ3n) is 5.10. The van der Waals surface area contributed by atoms with E-state index in [1.807, 2.05) is 31.7 Å². The standard InChI is InChI=1S/C18H26N2O3S/c1-13-11-15(3)17(12-14(13)2)24(22,23)20-8-4-7-19(9-10-20)18(21)16-5-6-16/h11-12,16H,4-10H2,1-3H3. The van der Waals surface area contributed by atoms with Crippen molar-refractivity contribution in [1.82, 2.24) is 9.21 Å². The summed E-state index contributed by atoms with van der Waals surface area (Å²) in [6.07, 6.45) is 2.67. The first-order valence-electron chi connectivity index (χ1n) is 8.67. The smallest absolute Gasteiger partial charge is 0.243 e. The van der Waals surface area contributed by atoms with Crippen LogP contribution in [0.3, 0.4) is 0 Å². The van der Waals surface area contributed by atoms with Gasteiger partial charge in [0.15, 0.2) is 0 Å². The number of aryl methyl sites for hydroxylation is 3.